The molecule has 0 spiro atoms. The summed E-state index contributed by atoms with van der Waals surface area (Å²) in [5, 5.41) is 8.12. The van der Waals surface area contributed by atoms with E-state index >= 15 is 0 Å². The largest absolute Gasteiger partial charge is 0.354 e. The van der Waals surface area contributed by atoms with Gasteiger partial charge in [-0.05, 0) is 73.5 Å². The van der Waals surface area contributed by atoms with Crippen LogP contribution in [0.5, 0.6) is 0 Å². The fraction of sp³-hybridized carbons (Fsp3) is 0.233. The van der Waals surface area contributed by atoms with Crippen molar-refractivity contribution in [1.29, 1.82) is 0 Å². The third-order valence-corrected chi connectivity index (χ3v) is 7.14. The Morgan fingerprint density at radius 2 is 1.77 bits per heavy atom. The molecule has 198 valence electrons. The SMILES string of the molecule is O=C(Nc1c[nH]c(=O)c(-c2cc3cc(CN4CCCCC4)ccc3[nH]2)c1)c1cnn(Cc2ccc(F)cc2)c1. The Morgan fingerprint density at radius 1 is 0.974 bits per heavy atom. The summed E-state index contributed by atoms with van der Waals surface area (Å²) in [4.78, 5) is 34.1. The highest BCUT2D eigenvalue weighted by Crippen LogP contribution is 2.25. The molecule has 9 heteroatoms. The zero-order valence-corrected chi connectivity index (χ0v) is 21.4. The molecule has 8 nitrogen and oxygen atoms in total. The molecule has 6 rings (SSSR count). The van der Waals surface area contributed by atoms with Gasteiger partial charge in [-0.25, -0.2) is 4.39 Å². The van der Waals surface area contributed by atoms with Crippen LogP contribution in [0.1, 0.15) is 40.7 Å². The van der Waals surface area contributed by atoms with E-state index in [9.17, 15) is 14.0 Å². The number of amides is 1. The van der Waals surface area contributed by atoms with E-state index in [1.807, 2.05) is 6.07 Å². The number of halogens is 1. The molecular formula is C30H29FN6O2. The molecule has 1 fully saturated rings. The van der Waals surface area contributed by atoms with Crippen molar-refractivity contribution in [2.45, 2.75) is 32.4 Å². The summed E-state index contributed by atoms with van der Waals surface area (Å²) in [5.74, 6) is -0.651. The van der Waals surface area contributed by atoms with E-state index < -0.39 is 0 Å². The van der Waals surface area contributed by atoms with Gasteiger partial charge >= 0.3 is 0 Å². The topological polar surface area (TPSA) is 98.8 Å². The van der Waals surface area contributed by atoms with Gasteiger partial charge in [-0.2, -0.15) is 5.10 Å². The molecule has 4 heterocycles. The molecule has 1 aliphatic rings. The van der Waals surface area contributed by atoms with E-state index in [1.54, 1.807) is 29.1 Å². The van der Waals surface area contributed by atoms with E-state index in [0.717, 1.165) is 36.1 Å². The van der Waals surface area contributed by atoms with Crippen LogP contribution in [0.4, 0.5) is 10.1 Å². The van der Waals surface area contributed by atoms with Gasteiger partial charge in [0.1, 0.15) is 5.82 Å². The number of pyridine rings is 1. The van der Waals surface area contributed by atoms with Crippen LogP contribution in [0.15, 0.2) is 78.0 Å². The Kier molecular flexibility index (Phi) is 6.81. The first-order valence-corrected chi connectivity index (χ1v) is 13.2. The van der Waals surface area contributed by atoms with Crippen LogP contribution >= 0.6 is 0 Å². The zero-order chi connectivity index (χ0) is 26.8. The number of benzene rings is 2. The van der Waals surface area contributed by atoms with Crippen molar-refractivity contribution in [3.05, 3.63) is 106 Å². The maximum atomic E-state index is 13.2. The van der Waals surface area contributed by atoms with E-state index in [0.29, 0.717) is 29.1 Å². The van der Waals surface area contributed by atoms with Gasteiger partial charge in [0, 0.05) is 29.8 Å². The molecule has 3 N–H and O–H groups in total. The Labute approximate surface area is 224 Å². The van der Waals surface area contributed by atoms with Crippen LogP contribution in [0.3, 0.4) is 0 Å². The maximum Gasteiger partial charge on any atom is 0.258 e. The lowest BCUT2D eigenvalue weighted by Gasteiger charge is -2.26. The summed E-state index contributed by atoms with van der Waals surface area (Å²) in [5.41, 5.74) is 4.79. The van der Waals surface area contributed by atoms with Crippen LogP contribution < -0.4 is 10.9 Å². The Balaban J connectivity index is 1.17. The van der Waals surface area contributed by atoms with Crippen LogP contribution in [-0.2, 0) is 13.1 Å². The molecule has 0 bridgehead atoms. The standard InChI is InChI=1S/C30H29FN6O2/c31-24-7-4-20(5-8-24)18-37-19-23(15-33-37)29(38)34-25-14-26(30(39)32-16-25)28-13-22-12-21(6-9-27(22)35-28)17-36-10-2-1-3-11-36/h4-9,12-16,19,35H,1-3,10-11,17-18H2,(H,32,39)(H,34,38). The van der Waals surface area contributed by atoms with Crippen molar-refractivity contribution < 1.29 is 9.18 Å². The van der Waals surface area contributed by atoms with Gasteiger partial charge in [0.25, 0.3) is 11.5 Å². The second kappa shape index (κ2) is 10.7. The van der Waals surface area contributed by atoms with Crippen LogP contribution in [0, 0.1) is 5.82 Å². The summed E-state index contributed by atoms with van der Waals surface area (Å²) >= 11 is 0. The highest BCUT2D eigenvalue weighted by molar-refractivity contribution is 6.04. The normalized spacial score (nSPS) is 14.1. The highest BCUT2D eigenvalue weighted by atomic mass is 19.1. The van der Waals surface area contributed by atoms with Gasteiger partial charge in [-0.15, -0.1) is 0 Å². The second-order valence-electron chi connectivity index (χ2n) is 10.1. The first-order chi connectivity index (χ1) is 19.0. The minimum atomic E-state index is -0.350. The van der Waals surface area contributed by atoms with Crippen molar-refractivity contribution in [1.82, 2.24) is 24.6 Å². The molecule has 0 radical (unpaired) electrons. The van der Waals surface area contributed by atoms with Crippen molar-refractivity contribution in [3.8, 4) is 11.3 Å². The number of carbonyl (C=O) groups excluding carboxylic acids is 1. The lowest BCUT2D eigenvalue weighted by atomic mass is 10.1. The number of nitrogens with zero attached hydrogens (tertiary/aromatic N) is 3. The molecule has 2 aromatic carbocycles. The number of hydrogen-bond acceptors (Lipinski definition) is 4. The summed E-state index contributed by atoms with van der Waals surface area (Å²) in [6.07, 6.45) is 8.40. The fourth-order valence-corrected chi connectivity index (χ4v) is 5.10. The first kappa shape index (κ1) is 24.8. The summed E-state index contributed by atoms with van der Waals surface area (Å²) in [6, 6.07) is 16.1. The number of anilines is 1. The van der Waals surface area contributed by atoms with Crippen molar-refractivity contribution in [2.24, 2.45) is 0 Å². The second-order valence-corrected chi connectivity index (χ2v) is 10.1. The fourth-order valence-electron chi connectivity index (χ4n) is 5.10. The molecule has 1 saturated heterocycles. The molecule has 1 amide bonds. The third kappa shape index (κ3) is 5.68. The number of aromatic nitrogens is 4. The Bertz CT molecular complexity index is 1680. The molecule has 3 aromatic heterocycles. The van der Waals surface area contributed by atoms with Crippen LogP contribution in [-0.4, -0.2) is 43.6 Å². The summed E-state index contributed by atoms with van der Waals surface area (Å²) in [7, 11) is 0. The van der Waals surface area contributed by atoms with Gasteiger partial charge in [0.15, 0.2) is 0 Å². The number of carbonyl (C=O) groups is 1. The minimum absolute atomic E-state index is 0.250. The molecule has 0 saturated carbocycles. The Hall–Kier alpha value is -4.50. The zero-order valence-electron chi connectivity index (χ0n) is 21.4. The predicted octanol–water partition coefficient (Wildman–Crippen LogP) is 5.15. The summed E-state index contributed by atoms with van der Waals surface area (Å²) in [6.45, 7) is 3.62. The lowest BCUT2D eigenvalue weighted by Crippen LogP contribution is -2.28. The van der Waals surface area contributed by atoms with E-state index in [4.69, 9.17) is 0 Å². The first-order valence-electron chi connectivity index (χ1n) is 13.2. The van der Waals surface area contributed by atoms with Gasteiger partial charge in [0.05, 0.1) is 35.2 Å². The van der Waals surface area contributed by atoms with Crippen molar-refractivity contribution in [2.75, 3.05) is 18.4 Å². The van der Waals surface area contributed by atoms with Crippen molar-refractivity contribution in [3.63, 3.8) is 0 Å². The average molecular weight is 525 g/mol. The van der Waals surface area contributed by atoms with Crippen molar-refractivity contribution >= 4 is 22.5 Å². The molecule has 5 aromatic rings. The quantitative estimate of drug-likeness (QED) is 0.274. The number of H-pyrrole nitrogens is 2. The molecule has 0 aliphatic carbocycles. The minimum Gasteiger partial charge on any atom is -0.354 e. The third-order valence-electron chi connectivity index (χ3n) is 7.14. The van der Waals surface area contributed by atoms with Gasteiger partial charge < -0.3 is 15.3 Å². The van der Waals surface area contributed by atoms with Gasteiger partial charge in [0.2, 0.25) is 0 Å². The number of fused-ring (bicyclic) bond motifs is 1. The predicted molar refractivity (Wildman–Crippen MR) is 149 cm³/mol. The molecule has 0 unspecified atom stereocenters. The van der Waals surface area contributed by atoms with Crippen LogP contribution in [0.2, 0.25) is 0 Å². The molecule has 39 heavy (non-hydrogen) atoms. The number of aromatic amines is 2. The highest BCUT2D eigenvalue weighted by Gasteiger charge is 2.14. The molecule has 0 atom stereocenters. The number of piperidine rings is 1. The van der Waals surface area contributed by atoms with E-state index in [1.165, 1.54) is 49.4 Å². The molecular weight excluding hydrogens is 495 g/mol. The summed E-state index contributed by atoms with van der Waals surface area (Å²) < 4.78 is 14.8. The lowest BCUT2D eigenvalue weighted by molar-refractivity contribution is 0.102. The van der Waals surface area contributed by atoms with Crippen LogP contribution in [0.25, 0.3) is 22.2 Å². The van der Waals surface area contributed by atoms with E-state index in [2.05, 4.69) is 43.5 Å². The Morgan fingerprint density at radius 3 is 2.59 bits per heavy atom. The maximum absolute atomic E-state index is 13.2. The number of hydrogen-bond donors (Lipinski definition) is 3. The number of likely N-dealkylation sites (tertiary alicyclic amines) is 1. The number of nitrogens with one attached hydrogen (secondary N) is 3. The monoisotopic (exact) mass is 524 g/mol. The van der Waals surface area contributed by atoms with E-state index in [-0.39, 0.29) is 17.3 Å². The van der Waals surface area contributed by atoms with Gasteiger partial charge in [-0.3, -0.25) is 19.2 Å². The smallest absolute Gasteiger partial charge is 0.258 e. The number of rotatable bonds is 7. The van der Waals surface area contributed by atoms with Gasteiger partial charge in [-0.1, -0.05) is 24.6 Å². The average Bonchev–Trinajstić information content (AvgIpc) is 3.59. The molecule has 1 aliphatic heterocycles.